The van der Waals surface area contributed by atoms with Gasteiger partial charge in [0, 0.05) is 23.1 Å². The second kappa shape index (κ2) is 9.87. The molecule has 2 aromatic carbocycles. The first-order valence-electron chi connectivity index (χ1n) is 8.21. The number of halogens is 2. The van der Waals surface area contributed by atoms with Crippen molar-refractivity contribution >= 4 is 27.7 Å². The molecule has 2 amide bonds. The predicted octanol–water partition coefficient (Wildman–Crippen LogP) is 3.21. The Bertz CT molecular complexity index is 824. The molecule has 27 heavy (non-hydrogen) atoms. The van der Waals surface area contributed by atoms with Gasteiger partial charge in [0.2, 0.25) is 5.91 Å². The fourth-order valence-corrected chi connectivity index (χ4v) is 2.83. The van der Waals surface area contributed by atoms with Gasteiger partial charge in [-0.25, -0.2) is 4.39 Å². The first-order chi connectivity index (χ1) is 12.9. The quantitative estimate of drug-likeness (QED) is 0.615. The van der Waals surface area contributed by atoms with Crippen LogP contribution in [-0.2, 0) is 22.6 Å². The van der Waals surface area contributed by atoms with E-state index >= 15 is 0 Å². The molecule has 7 heteroatoms. The van der Waals surface area contributed by atoms with Crippen LogP contribution in [0.5, 0.6) is 5.75 Å². The van der Waals surface area contributed by atoms with Crippen LogP contribution in [0.25, 0.3) is 0 Å². The van der Waals surface area contributed by atoms with Crippen molar-refractivity contribution in [3.05, 3.63) is 76.5 Å². The Hall–Kier alpha value is -2.67. The van der Waals surface area contributed by atoms with E-state index in [-0.39, 0.29) is 37.8 Å². The van der Waals surface area contributed by atoms with Gasteiger partial charge in [0.15, 0.2) is 6.61 Å². The molecule has 142 valence electrons. The number of rotatable bonds is 9. The lowest BCUT2D eigenvalue weighted by atomic mass is 10.1. The lowest BCUT2D eigenvalue weighted by Gasteiger charge is -2.22. The fourth-order valence-electron chi connectivity index (χ4n) is 2.42. The summed E-state index contributed by atoms with van der Waals surface area (Å²) in [5.74, 6) is -0.607. The molecule has 0 unspecified atom stereocenters. The number of benzene rings is 2. The van der Waals surface area contributed by atoms with Gasteiger partial charge in [0.25, 0.3) is 5.91 Å². The number of amides is 2. The summed E-state index contributed by atoms with van der Waals surface area (Å²) in [6.45, 7) is 3.82. The van der Waals surface area contributed by atoms with Gasteiger partial charge in [-0.05, 0) is 35.9 Å². The summed E-state index contributed by atoms with van der Waals surface area (Å²) in [5.41, 5.74) is 6.31. The van der Waals surface area contributed by atoms with E-state index in [1.807, 2.05) is 0 Å². The second-order valence-corrected chi connectivity index (χ2v) is 6.79. The molecule has 0 aliphatic carbocycles. The van der Waals surface area contributed by atoms with Crippen molar-refractivity contribution in [2.75, 3.05) is 13.2 Å². The lowest BCUT2D eigenvalue weighted by Crippen LogP contribution is -2.34. The third-order valence-corrected chi connectivity index (χ3v) is 4.23. The minimum Gasteiger partial charge on any atom is -0.484 e. The molecule has 0 fully saturated rings. The van der Waals surface area contributed by atoms with Crippen LogP contribution in [0, 0.1) is 5.82 Å². The largest absolute Gasteiger partial charge is 0.484 e. The molecule has 0 saturated heterocycles. The molecule has 0 radical (unpaired) electrons. The summed E-state index contributed by atoms with van der Waals surface area (Å²) in [4.78, 5) is 24.8. The summed E-state index contributed by atoms with van der Waals surface area (Å²) < 4.78 is 20.2. The number of ether oxygens (including phenoxy) is 1. The number of hydrogen-bond donors (Lipinski definition) is 1. The SMILES string of the molecule is C=CCN(Cc1cc(Br)ccc1F)C(=O)COc1ccc(CC(N)=O)cc1. The highest BCUT2D eigenvalue weighted by Gasteiger charge is 2.16. The van der Waals surface area contributed by atoms with Gasteiger partial charge in [-0.3, -0.25) is 9.59 Å². The summed E-state index contributed by atoms with van der Waals surface area (Å²) in [6.07, 6.45) is 1.72. The Labute approximate surface area is 165 Å². The van der Waals surface area contributed by atoms with E-state index in [0.29, 0.717) is 11.3 Å². The van der Waals surface area contributed by atoms with Gasteiger partial charge in [-0.2, -0.15) is 0 Å². The van der Waals surface area contributed by atoms with E-state index in [1.54, 1.807) is 42.5 Å². The first-order valence-corrected chi connectivity index (χ1v) is 9.01. The zero-order valence-corrected chi connectivity index (χ0v) is 16.2. The molecule has 2 aromatic rings. The summed E-state index contributed by atoms with van der Waals surface area (Å²) in [6, 6.07) is 11.3. The Morgan fingerprint density at radius 1 is 1.22 bits per heavy atom. The van der Waals surface area contributed by atoms with Crippen LogP contribution in [0.2, 0.25) is 0 Å². The highest BCUT2D eigenvalue weighted by Crippen LogP contribution is 2.18. The predicted molar refractivity (Wildman–Crippen MR) is 105 cm³/mol. The van der Waals surface area contributed by atoms with Crippen LogP contribution < -0.4 is 10.5 Å². The van der Waals surface area contributed by atoms with Crippen LogP contribution in [0.15, 0.2) is 59.6 Å². The van der Waals surface area contributed by atoms with E-state index in [9.17, 15) is 14.0 Å². The molecule has 0 aromatic heterocycles. The normalized spacial score (nSPS) is 10.3. The first kappa shape index (κ1) is 20.6. The van der Waals surface area contributed by atoms with Crippen LogP contribution >= 0.6 is 15.9 Å². The smallest absolute Gasteiger partial charge is 0.261 e. The van der Waals surface area contributed by atoms with Gasteiger partial charge in [-0.1, -0.05) is 34.1 Å². The molecule has 5 nitrogen and oxygen atoms in total. The Balaban J connectivity index is 1.99. The van der Waals surface area contributed by atoms with Crippen molar-refractivity contribution in [2.24, 2.45) is 5.73 Å². The minimum absolute atomic E-state index is 0.108. The maximum absolute atomic E-state index is 14.0. The van der Waals surface area contributed by atoms with Gasteiger partial charge in [0.1, 0.15) is 11.6 Å². The van der Waals surface area contributed by atoms with Crippen LogP contribution in [0.4, 0.5) is 4.39 Å². The molecule has 0 bridgehead atoms. The molecular formula is C20H20BrFN2O3. The van der Waals surface area contributed by atoms with Crippen molar-refractivity contribution in [3.63, 3.8) is 0 Å². The van der Waals surface area contributed by atoms with Crippen LogP contribution in [0.1, 0.15) is 11.1 Å². The molecule has 0 heterocycles. The maximum Gasteiger partial charge on any atom is 0.261 e. The van der Waals surface area contributed by atoms with Gasteiger partial charge < -0.3 is 15.4 Å². The molecule has 2 rings (SSSR count). The third kappa shape index (κ3) is 6.53. The molecule has 0 saturated carbocycles. The standard InChI is InChI=1S/C20H20BrFN2O3/c1-2-9-24(12-15-11-16(21)5-8-18(15)22)20(26)13-27-17-6-3-14(4-7-17)10-19(23)25/h2-8,11H,1,9-10,12-13H2,(H2,23,25). The molecule has 0 atom stereocenters. The average molecular weight is 435 g/mol. The summed E-state index contributed by atoms with van der Waals surface area (Å²) in [7, 11) is 0. The molecule has 0 spiro atoms. The van der Waals surface area contributed by atoms with Gasteiger partial charge in [0.05, 0.1) is 6.42 Å². The number of hydrogen-bond acceptors (Lipinski definition) is 3. The Kier molecular flexibility index (Phi) is 7.55. The van der Waals surface area contributed by atoms with E-state index < -0.39 is 5.91 Å². The van der Waals surface area contributed by atoms with E-state index in [4.69, 9.17) is 10.5 Å². The molecule has 2 N–H and O–H groups in total. The van der Waals surface area contributed by atoms with Crippen molar-refractivity contribution in [3.8, 4) is 5.75 Å². The van der Waals surface area contributed by atoms with Crippen LogP contribution in [-0.4, -0.2) is 29.9 Å². The van der Waals surface area contributed by atoms with Gasteiger partial charge >= 0.3 is 0 Å². The Morgan fingerprint density at radius 2 is 1.93 bits per heavy atom. The van der Waals surface area contributed by atoms with Crippen molar-refractivity contribution in [2.45, 2.75) is 13.0 Å². The third-order valence-electron chi connectivity index (χ3n) is 3.74. The monoisotopic (exact) mass is 434 g/mol. The molecule has 0 aliphatic rings. The second-order valence-electron chi connectivity index (χ2n) is 5.87. The maximum atomic E-state index is 14.0. The van der Waals surface area contributed by atoms with Crippen LogP contribution in [0.3, 0.4) is 0 Å². The highest BCUT2D eigenvalue weighted by molar-refractivity contribution is 9.10. The zero-order valence-electron chi connectivity index (χ0n) is 14.7. The van der Waals surface area contributed by atoms with Crippen molar-refractivity contribution in [1.29, 1.82) is 0 Å². The van der Waals surface area contributed by atoms with Gasteiger partial charge in [-0.15, -0.1) is 6.58 Å². The zero-order chi connectivity index (χ0) is 19.8. The number of primary amides is 1. The minimum atomic E-state index is -0.418. The lowest BCUT2D eigenvalue weighted by molar-refractivity contribution is -0.133. The number of carbonyl (C=O) groups excluding carboxylic acids is 2. The van der Waals surface area contributed by atoms with Crippen molar-refractivity contribution in [1.82, 2.24) is 4.90 Å². The van der Waals surface area contributed by atoms with E-state index in [1.165, 1.54) is 11.0 Å². The summed E-state index contributed by atoms with van der Waals surface area (Å²) >= 11 is 3.30. The highest BCUT2D eigenvalue weighted by atomic mass is 79.9. The summed E-state index contributed by atoms with van der Waals surface area (Å²) in [5, 5.41) is 0. The number of nitrogens with two attached hydrogens (primary N) is 1. The molecule has 0 aliphatic heterocycles. The number of nitrogens with zero attached hydrogens (tertiary/aromatic N) is 1. The Morgan fingerprint density at radius 3 is 2.56 bits per heavy atom. The number of carbonyl (C=O) groups is 2. The topological polar surface area (TPSA) is 72.6 Å². The molecular weight excluding hydrogens is 415 g/mol. The van der Waals surface area contributed by atoms with E-state index in [2.05, 4.69) is 22.5 Å². The average Bonchev–Trinajstić information content (AvgIpc) is 2.63. The van der Waals surface area contributed by atoms with Crippen molar-refractivity contribution < 1.29 is 18.7 Å². The van der Waals surface area contributed by atoms with E-state index in [0.717, 1.165) is 10.0 Å². The fraction of sp³-hybridized carbons (Fsp3) is 0.200.